The minimum Gasteiger partial charge on any atom is -0.380 e. The van der Waals surface area contributed by atoms with Crippen molar-refractivity contribution in [1.29, 1.82) is 0 Å². The molecule has 74 valence electrons. The lowest BCUT2D eigenvalue weighted by atomic mass is 10.2. The smallest absolute Gasteiger partial charge is 0.0591 e. The minimum absolute atomic E-state index is 0.535. The van der Waals surface area contributed by atoms with E-state index in [1.165, 1.54) is 0 Å². The summed E-state index contributed by atoms with van der Waals surface area (Å²) in [7, 11) is 0. The van der Waals surface area contributed by atoms with E-state index in [4.69, 9.17) is 4.74 Å². The van der Waals surface area contributed by atoms with Crippen LogP contribution in [-0.2, 0) is 4.74 Å². The molecule has 0 rings (SSSR count). The van der Waals surface area contributed by atoms with Crippen molar-refractivity contribution in [2.75, 3.05) is 25.1 Å². The highest BCUT2D eigenvalue weighted by Gasteiger charge is 1.97. The SMILES string of the molecule is CC(C)COCCNC(C)CBr. The summed E-state index contributed by atoms with van der Waals surface area (Å²) in [6.45, 7) is 9.10. The molecule has 0 saturated heterocycles. The van der Waals surface area contributed by atoms with Crippen molar-refractivity contribution in [3.63, 3.8) is 0 Å². The lowest BCUT2D eigenvalue weighted by Crippen LogP contribution is -2.30. The first-order valence-corrected chi connectivity index (χ1v) is 5.66. The van der Waals surface area contributed by atoms with Gasteiger partial charge in [0.15, 0.2) is 0 Å². The standard InChI is InChI=1S/C9H20BrNO/c1-8(2)7-12-5-4-11-9(3)6-10/h8-9,11H,4-7H2,1-3H3. The van der Waals surface area contributed by atoms with Gasteiger partial charge in [0.05, 0.1) is 6.61 Å². The molecule has 0 spiro atoms. The van der Waals surface area contributed by atoms with E-state index in [2.05, 4.69) is 42.0 Å². The molecule has 0 heterocycles. The molecule has 1 atom stereocenters. The van der Waals surface area contributed by atoms with Gasteiger partial charge in [0.25, 0.3) is 0 Å². The molecule has 0 fully saturated rings. The molecular weight excluding hydrogens is 218 g/mol. The second kappa shape index (κ2) is 8.02. The predicted molar refractivity (Wildman–Crippen MR) is 56.9 cm³/mol. The van der Waals surface area contributed by atoms with E-state index >= 15 is 0 Å². The monoisotopic (exact) mass is 237 g/mol. The Bertz CT molecular complexity index is 98.5. The van der Waals surface area contributed by atoms with Crippen molar-refractivity contribution in [2.45, 2.75) is 26.8 Å². The van der Waals surface area contributed by atoms with Crippen LogP contribution in [0.3, 0.4) is 0 Å². The molecule has 1 N–H and O–H groups in total. The Morgan fingerprint density at radius 3 is 2.50 bits per heavy atom. The largest absolute Gasteiger partial charge is 0.380 e. The summed E-state index contributed by atoms with van der Waals surface area (Å²) in [4.78, 5) is 0. The van der Waals surface area contributed by atoms with Crippen molar-refractivity contribution >= 4 is 15.9 Å². The normalized spacial score (nSPS) is 13.8. The number of halogens is 1. The molecule has 12 heavy (non-hydrogen) atoms. The minimum atomic E-state index is 0.535. The average Bonchev–Trinajstić information content (AvgIpc) is 2.03. The van der Waals surface area contributed by atoms with Crippen LogP contribution in [-0.4, -0.2) is 31.1 Å². The zero-order chi connectivity index (χ0) is 9.40. The van der Waals surface area contributed by atoms with Crippen molar-refractivity contribution in [1.82, 2.24) is 5.32 Å². The van der Waals surface area contributed by atoms with Gasteiger partial charge in [-0.3, -0.25) is 0 Å². The van der Waals surface area contributed by atoms with Crippen LogP contribution >= 0.6 is 15.9 Å². The summed E-state index contributed by atoms with van der Waals surface area (Å²) in [5.74, 6) is 0.638. The number of alkyl halides is 1. The fourth-order valence-electron chi connectivity index (χ4n) is 0.751. The van der Waals surface area contributed by atoms with E-state index in [1.807, 2.05) is 0 Å². The zero-order valence-corrected chi connectivity index (χ0v) is 9.86. The van der Waals surface area contributed by atoms with Gasteiger partial charge in [-0.2, -0.15) is 0 Å². The molecule has 0 amide bonds. The maximum atomic E-state index is 5.41. The highest BCUT2D eigenvalue weighted by Crippen LogP contribution is 1.92. The number of nitrogens with one attached hydrogen (secondary N) is 1. The molecule has 0 saturated carbocycles. The first-order chi connectivity index (χ1) is 5.66. The Hall–Kier alpha value is 0.400. The lowest BCUT2D eigenvalue weighted by molar-refractivity contribution is 0.111. The Morgan fingerprint density at radius 1 is 1.33 bits per heavy atom. The predicted octanol–water partition coefficient (Wildman–Crippen LogP) is 2.03. The van der Waals surface area contributed by atoms with Gasteiger partial charge in [-0.25, -0.2) is 0 Å². The van der Waals surface area contributed by atoms with Gasteiger partial charge < -0.3 is 10.1 Å². The number of ether oxygens (including phenoxy) is 1. The number of rotatable bonds is 7. The van der Waals surface area contributed by atoms with Gasteiger partial charge in [0.2, 0.25) is 0 Å². The van der Waals surface area contributed by atoms with Gasteiger partial charge in [-0.05, 0) is 12.8 Å². The van der Waals surface area contributed by atoms with E-state index < -0.39 is 0 Å². The van der Waals surface area contributed by atoms with Crippen molar-refractivity contribution in [2.24, 2.45) is 5.92 Å². The lowest BCUT2D eigenvalue weighted by Gasteiger charge is -2.11. The van der Waals surface area contributed by atoms with Crippen LogP contribution in [0.4, 0.5) is 0 Å². The van der Waals surface area contributed by atoms with Crippen LogP contribution in [0.25, 0.3) is 0 Å². The summed E-state index contributed by atoms with van der Waals surface area (Å²) in [6, 6.07) is 0.535. The van der Waals surface area contributed by atoms with Gasteiger partial charge in [0.1, 0.15) is 0 Å². The van der Waals surface area contributed by atoms with Gasteiger partial charge in [-0.1, -0.05) is 29.8 Å². The maximum absolute atomic E-state index is 5.41. The summed E-state index contributed by atoms with van der Waals surface area (Å²) in [5.41, 5.74) is 0. The Morgan fingerprint density at radius 2 is 2.00 bits per heavy atom. The molecule has 1 unspecified atom stereocenters. The number of hydrogen-bond donors (Lipinski definition) is 1. The van der Waals surface area contributed by atoms with Gasteiger partial charge in [-0.15, -0.1) is 0 Å². The van der Waals surface area contributed by atoms with Gasteiger partial charge in [0, 0.05) is 24.5 Å². The van der Waals surface area contributed by atoms with Crippen LogP contribution < -0.4 is 5.32 Å². The molecule has 2 nitrogen and oxygen atoms in total. The summed E-state index contributed by atoms with van der Waals surface area (Å²) in [6.07, 6.45) is 0. The first kappa shape index (κ1) is 12.4. The third kappa shape index (κ3) is 8.50. The molecule has 0 aromatic heterocycles. The number of hydrogen-bond acceptors (Lipinski definition) is 2. The third-order valence-electron chi connectivity index (χ3n) is 1.42. The Labute approximate surface area is 84.2 Å². The summed E-state index contributed by atoms with van der Waals surface area (Å²) >= 11 is 3.40. The highest BCUT2D eigenvalue weighted by molar-refractivity contribution is 9.09. The maximum Gasteiger partial charge on any atom is 0.0591 e. The fraction of sp³-hybridized carbons (Fsp3) is 1.00. The van der Waals surface area contributed by atoms with Crippen LogP contribution in [0.1, 0.15) is 20.8 Å². The molecular formula is C9H20BrNO. The second-order valence-electron chi connectivity index (χ2n) is 3.48. The van der Waals surface area contributed by atoms with Crippen LogP contribution in [0.5, 0.6) is 0 Å². The quantitative estimate of drug-likeness (QED) is 0.541. The topological polar surface area (TPSA) is 21.3 Å². The zero-order valence-electron chi connectivity index (χ0n) is 8.27. The third-order valence-corrected chi connectivity index (χ3v) is 2.39. The van der Waals surface area contributed by atoms with E-state index in [1.54, 1.807) is 0 Å². The first-order valence-electron chi connectivity index (χ1n) is 4.54. The highest BCUT2D eigenvalue weighted by atomic mass is 79.9. The molecule has 0 aliphatic rings. The average molecular weight is 238 g/mol. The second-order valence-corrected chi connectivity index (χ2v) is 4.13. The molecule has 0 aliphatic carbocycles. The van der Waals surface area contributed by atoms with Crippen LogP contribution in [0, 0.1) is 5.92 Å². The van der Waals surface area contributed by atoms with Crippen LogP contribution in [0.2, 0.25) is 0 Å². The molecule has 0 bridgehead atoms. The molecule has 0 aromatic rings. The van der Waals surface area contributed by atoms with E-state index in [0.29, 0.717) is 12.0 Å². The van der Waals surface area contributed by atoms with E-state index in [-0.39, 0.29) is 0 Å². The molecule has 0 aliphatic heterocycles. The molecule has 0 radical (unpaired) electrons. The van der Waals surface area contributed by atoms with Crippen molar-refractivity contribution in [3.05, 3.63) is 0 Å². The van der Waals surface area contributed by atoms with Crippen LogP contribution in [0.15, 0.2) is 0 Å². The fourth-order valence-corrected chi connectivity index (χ4v) is 0.980. The molecule has 0 aromatic carbocycles. The Balaban J connectivity index is 3.00. The van der Waals surface area contributed by atoms with Crippen molar-refractivity contribution in [3.8, 4) is 0 Å². The van der Waals surface area contributed by atoms with E-state index in [9.17, 15) is 0 Å². The van der Waals surface area contributed by atoms with E-state index in [0.717, 1.165) is 25.1 Å². The van der Waals surface area contributed by atoms with Crippen molar-refractivity contribution < 1.29 is 4.74 Å². The Kier molecular flexibility index (Phi) is 8.29. The summed E-state index contributed by atoms with van der Waals surface area (Å²) in [5, 5.41) is 4.33. The van der Waals surface area contributed by atoms with Gasteiger partial charge >= 0.3 is 0 Å². The summed E-state index contributed by atoms with van der Waals surface area (Å²) < 4.78 is 5.41. The molecule has 3 heteroatoms.